The quantitative estimate of drug-likeness (QED) is 0.754. The van der Waals surface area contributed by atoms with Gasteiger partial charge in [-0.05, 0) is 18.6 Å². The van der Waals surface area contributed by atoms with Crippen molar-refractivity contribution in [2.75, 3.05) is 6.61 Å². The number of nitrogens with zero attached hydrogens (tertiary/aromatic N) is 2. The van der Waals surface area contributed by atoms with E-state index in [1.807, 2.05) is 24.3 Å². The summed E-state index contributed by atoms with van der Waals surface area (Å²) in [4.78, 5) is 8.02. The second kappa shape index (κ2) is 6.95. The van der Waals surface area contributed by atoms with Gasteiger partial charge in [0.25, 0.3) is 0 Å². The molecule has 100 valence electrons. The number of halogens is 1. The van der Waals surface area contributed by atoms with Crippen LogP contribution >= 0.6 is 11.6 Å². The molecule has 0 aliphatic heterocycles. The molecule has 0 aliphatic carbocycles. The van der Waals surface area contributed by atoms with E-state index in [9.17, 15) is 0 Å². The number of benzene rings is 1. The molecule has 0 saturated heterocycles. The summed E-state index contributed by atoms with van der Waals surface area (Å²) in [6.45, 7) is 2.70. The molecule has 1 heterocycles. The first-order valence-corrected chi connectivity index (χ1v) is 6.63. The number of alkyl halides is 1. The van der Waals surface area contributed by atoms with Crippen molar-refractivity contribution < 1.29 is 9.47 Å². The van der Waals surface area contributed by atoms with Crippen LogP contribution in [0.5, 0.6) is 17.4 Å². The van der Waals surface area contributed by atoms with E-state index in [1.165, 1.54) is 6.33 Å². The fourth-order valence-corrected chi connectivity index (χ4v) is 1.68. The first kappa shape index (κ1) is 13.6. The molecule has 2 aromatic rings. The molecular formula is C14H15ClN2O2. The maximum atomic E-state index is 5.83. The van der Waals surface area contributed by atoms with E-state index in [2.05, 4.69) is 16.9 Å². The molecule has 1 aromatic heterocycles. The number of hydrogen-bond donors (Lipinski definition) is 0. The zero-order chi connectivity index (χ0) is 13.5. The SMILES string of the molecule is CCCOc1ccccc1Oc1ncncc1CCl. The van der Waals surface area contributed by atoms with Gasteiger partial charge in [0.1, 0.15) is 6.33 Å². The summed E-state index contributed by atoms with van der Waals surface area (Å²) < 4.78 is 11.4. The van der Waals surface area contributed by atoms with Gasteiger partial charge in [0, 0.05) is 11.8 Å². The predicted molar refractivity (Wildman–Crippen MR) is 73.9 cm³/mol. The molecule has 0 atom stereocenters. The summed E-state index contributed by atoms with van der Waals surface area (Å²) in [7, 11) is 0. The van der Waals surface area contributed by atoms with Crippen molar-refractivity contribution in [2.24, 2.45) is 0 Å². The molecule has 1 aromatic carbocycles. The van der Waals surface area contributed by atoms with Crippen molar-refractivity contribution in [3.8, 4) is 17.4 Å². The Morgan fingerprint density at radius 1 is 1.21 bits per heavy atom. The maximum Gasteiger partial charge on any atom is 0.226 e. The molecule has 0 bridgehead atoms. The van der Waals surface area contributed by atoms with Crippen LogP contribution in [0.2, 0.25) is 0 Å². The van der Waals surface area contributed by atoms with Gasteiger partial charge in [-0.3, -0.25) is 0 Å². The Morgan fingerprint density at radius 3 is 2.74 bits per heavy atom. The monoisotopic (exact) mass is 278 g/mol. The molecule has 0 aliphatic rings. The van der Waals surface area contributed by atoms with E-state index >= 15 is 0 Å². The minimum absolute atomic E-state index is 0.300. The number of rotatable bonds is 6. The molecule has 4 nitrogen and oxygen atoms in total. The molecule has 0 unspecified atom stereocenters. The third kappa shape index (κ3) is 3.58. The Hall–Kier alpha value is -1.81. The second-order valence-electron chi connectivity index (χ2n) is 3.88. The Morgan fingerprint density at radius 2 is 2.00 bits per heavy atom. The van der Waals surface area contributed by atoms with Gasteiger partial charge >= 0.3 is 0 Å². The van der Waals surface area contributed by atoms with Crippen LogP contribution in [-0.4, -0.2) is 16.6 Å². The molecule has 2 rings (SSSR count). The predicted octanol–water partition coefficient (Wildman–Crippen LogP) is 3.80. The first-order valence-electron chi connectivity index (χ1n) is 6.09. The minimum Gasteiger partial charge on any atom is -0.490 e. The topological polar surface area (TPSA) is 44.2 Å². The van der Waals surface area contributed by atoms with Crippen molar-refractivity contribution in [3.63, 3.8) is 0 Å². The largest absolute Gasteiger partial charge is 0.490 e. The van der Waals surface area contributed by atoms with Crippen molar-refractivity contribution in [2.45, 2.75) is 19.2 Å². The Balaban J connectivity index is 2.22. The third-order valence-corrected chi connectivity index (χ3v) is 2.70. The number of ether oxygens (including phenoxy) is 2. The Labute approximate surface area is 117 Å². The maximum absolute atomic E-state index is 5.83. The van der Waals surface area contributed by atoms with Gasteiger partial charge in [-0.1, -0.05) is 19.1 Å². The van der Waals surface area contributed by atoms with Gasteiger partial charge < -0.3 is 9.47 Å². The van der Waals surface area contributed by atoms with Gasteiger partial charge in [0.15, 0.2) is 11.5 Å². The lowest BCUT2D eigenvalue weighted by molar-refractivity contribution is 0.300. The van der Waals surface area contributed by atoms with Crippen LogP contribution in [0.25, 0.3) is 0 Å². The van der Waals surface area contributed by atoms with Crippen LogP contribution in [0.4, 0.5) is 0 Å². The summed E-state index contributed by atoms with van der Waals surface area (Å²) in [5, 5.41) is 0. The fraction of sp³-hybridized carbons (Fsp3) is 0.286. The number of para-hydroxylation sites is 2. The Bertz CT molecular complexity index is 534. The van der Waals surface area contributed by atoms with E-state index in [0.717, 1.165) is 12.0 Å². The number of hydrogen-bond acceptors (Lipinski definition) is 4. The van der Waals surface area contributed by atoms with Gasteiger partial charge in [-0.25, -0.2) is 9.97 Å². The average Bonchev–Trinajstić information content (AvgIpc) is 2.47. The molecule has 0 saturated carbocycles. The molecule has 0 fully saturated rings. The highest BCUT2D eigenvalue weighted by Crippen LogP contribution is 2.31. The fourth-order valence-electron chi connectivity index (χ4n) is 1.50. The molecule has 19 heavy (non-hydrogen) atoms. The lowest BCUT2D eigenvalue weighted by atomic mass is 10.3. The van der Waals surface area contributed by atoms with Crippen molar-refractivity contribution in [1.82, 2.24) is 9.97 Å². The van der Waals surface area contributed by atoms with Crippen LogP contribution in [0, 0.1) is 0 Å². The van der Waals surface area contributed by atoms with Crippen LogP contribution in [0.3, 0.4) is 0 Å². The van der Waals surface area contributed by atoms with Crippen LogP contribution < -0.4 is 9.47 Å². The summed E-state index contributed by atoms with van der Waals surface area (Å²) >= 11 is 5.83. The zero-order valence-corrected chi connectivity index (χ0v) is 11.4. The third-order valence-electron chi connectivity index (χ3n) is 2.41. The molecule has 0 spiro atoms. The van der Waals surface area contributed by atoms with Crippen molar-refractivity contribution in [3.05, 3.63) is 42.4 Å². The van der Waals surface area contributed by atoms with E-state index < -0.39 is 0 Å². The van der Waals surface area contributed by atoms with E-state index in [1.54, 1.807) is 6.20 Å². The van der Waals surface area contributed by atoms with Crippen LogP contribution in [0.15, 0.2) is 36.8 Å². The summed E-state index contributed by atoms with van der Waals surface area (Å²) in [5.74, 6) is 2.08. The summed E-state index contributed by atoms with van der Waals surface area (Å²) in [6, 6.07) is 7.49. The zero-order valence-electron chi connectivity index (χ0n) is 10.7. The summed E-state index contributed by atoms with van der Waals surface area (Å²) in [5.41, 5.74) is 0.745. The highest BCUT2D eigenvalue weighted by atomic mass is 35.5. The molecule has 0 amide bonds. The Kier molecular flexibility index (Phi) is 4.98. The molecule has 0 radical (unpaired) electrons. The van der Waals surface area contributed by atoms with Crippen LogP contribution in [-0.2, 0) is 5.88 Å². The van der Waals surface area contributed by atoms with Gasteiger partial charge in [-0.2, -0.15) is 0 Å². The molecular weight excluding hydrogens is 264 g/mol. The molecule has 5 heteroatoms. The normalized spacial score (nSPS) is 10.2. The lowest BCUT2D eigenvalue weighted by Gasteiger charge is -2.12. The van der Waals surface area contributed by atoms with Gasteiger partial charge in [-0.15, -0.1) is 11.6 Å². The van der Waals surface area contributed by atoms with E-state index in [4.69, 9.17) is 21.1 Å². The second-order valence-corrected chi connectivity index (χ2v) is 4.15. The van der Waals surface area contributed by atoms with Gasteiger partial charge in [0.2, 0.25) is 5.88 Å². The number of aromatic nitrogens is 2. The van der Waals surface area contributed by atoms with E-state index in [0.29, 0.717) is 29.9 Å². The van der Waals surface area contributed by atoms with Crippen molar-refractivity contribution >= 4 is 11.6 Å². The minimum atomic E-state index is 0.300. The molecule has 0 N–H and O–H groups in total. The first-order chi connectivity index (χ1) is 9.35. The van der Waals surface area contributed by atoms with Crippen LogP contribution in [0.1, 0.15) is 18.9 Å². The highest BCUT2D eigenvalue weighted by Gasteiger charge is 2.09. The summed E-state index contributed by atoms with van der Waals surface area (Å²) in [6.07, 6.45) is 4.01. The highest BCUT2D eigenvalue weighted by molar-refractivity contribution is 6.17. The smallest absolute Gasteiger partial charge is 0.226 e. The van der Waals surface area contributed by atoms with Gasteiger partial charge in [0.05, 0.1) is 12.5 Å². The standard InChI is InChI=1S/C14H15ClN2O2/c1-2-7-18-12-5-3-4-6-13(12)19-14-11(8-15)9-16-10-17-14/h3-6,9-10H,2,7-8H2,1H3. The van der Waals surface area contributed by atoms with E-state index in [-0.39, 0.29) is 0 Å². The van der Waals surface area contributed by atoms with Crippen molar-refractivity contribution in [1.29, 1.82) is 0 Å². The lowest BCUT2D eigenvalue weighted by Crippen LogP contribution is -1.99. The average molecular weight is 279 g/mol.